The zero-order chi connectivity index (χ0) is 27.1. The van der Waals surface area contributed by atoms with Crippen molar-refractivity contribution in [1.29, 1.82) is 0 Å². The summed E-state index contributed by atoms with van der Waals surface area (Å²) in [6.45, 7) is 6.64. The van der Waals surface area contributed by atoms with Crippen molar-refractivity contribution in [2.75, 3.05) is 6.61 Å². The Kier molecular flexibility index (Phi) is 8.51. The molecule has 0 aliphatic heterocycles. The van der Waals surface area contributed by atoms with Crippen LogP contribution < -0.4 is 0 Å². The minimum absolute atomic E-state index is 0.0261. The van der Waals surface area contributed by atoms with Crippen molar-refractivity contribution in [1.82, 2.24) is 0 Å². The van der Waals surface area contributed by atoms with Gasteiger partial charge in [-0.1, -0.05) is 40.0 Å². The lowest BCUT2D eigenvalue weighted by Gasteiger charge is -2.63. The molecule has 6 nitrogen and oxygen atoms in total. The van der Waals surface area contributed by atoms with E-state index in [1.807, 2.05) is 0 Å². The maximum Gasteiger partial charge on any atom is 0.344 e. The maximum atomic E-state index is 12.5. The minimum Gasteiger partial charge on any atom is -0.460 e. The third-order valence-corrected chi connectivity index (χ3v) is 12.5. The van der Waals surface area contributed by atoms with Crippen LogP contribution in [0.4, 0.5) is 0 Å². The van der Waals surface area contributed by atoms with Gasteiger partial charge >= 0.3 is 11.9 Å². The first kappa shape index (κ1) is 28.4. The summed E-state index contributed by atoms with van der Waals surface area (Å²) in [6, 6.07) is 0. The number of carbonyl (C=O) groups is 2. The number of aliphatic hydroxyl groups excluding tert-OH is 2. The molecule has 6 heteroatoms. The highest BCUT2D eigenvalue weighted by Crippen LogP contribution is 2.68. The van der Waals surface area contributed by atoms with Crippen molar-refractivity contribution in [2.45, 2.75) is 135 Å². The molecule has 5 aliphatic carbocycles. The molecule has 0 radical (unpaired) electrons. The Bertz CT molecular complexity index is 853. The second-order valence-corrected chi connectivity index (χ2v) is 14.3. The molecule has 0 amide bonds. The fourth-order valence-corrected chi connectivity index (χ4v) is 10.3. The quantitative estimate of drug-likeness (QED) is 0.402. The van der Waals surface area contributed by atoms with E-state index in [9.17, 15) is 19.8 Å². The summed E-state index contributed by atoms with van der Waals surface area (Å²) in [6.07, 6.45) is 14.3. The number of aliphatic hydroxyl groups is 2. The summed E-state index contributed by atoms with van der Waals surface area (Å²) in [5.74, 6) is 1.39. The highest BCUT2D eigenvalue weighted by molar-refractivity contribution is 5.76. The number of ether oxygens (including phenoxy) is 2. The van der Waals surface area contributed by atoms with E-state index < -0.39 is 5.97 Å². The van der Waals surface area contributed by atoms with Crippen LogP contribution >= 0.6 is 0 Å². The van der Waals surface area contributed by atoms with Crippen LogP contribution in [0.1, 0.15) is 117 Å². The Balaban J connectivity index is 1.16. The molecule has 0 aromatic carbocycles. The lowest BCUT2D eigenvalue weighted by atomic mass is 9.43. The highest BCUT2D eigenvalue weighted by atomic mass is 16.6. The average molecular weight is 533 g/mol. The lowest BCUT2D eigenvalue weighted by Crippen LogP contribution is -2.61. The van der Waals surface area contributed by atoms with Crippen LogP contribution in [0.5, 0.6) is 0 Å². The van der Waals surface area contributed by atoms with E-state index in [2.05, 4.69) is 20.8 Å². The molecule has 0 saturated heterocycles. The molecular weight excluding hydrogens is 480 g/mol. The molecule has 0 aromatic rings. The summed E-state index contributed by atoms with van der Waals surface area (Å²) in [7, 11) is 0. The van der Waals surface area contributed by atoms with Gasteiger partial charge in [-0.2, -0.15) is 0 Å². The first-order valence-corrected chi connectivity index (χ1v) is 15.9. The van der Waals surface area contributed by atoms with Crippen LogP contribution in [-0.4, -0.2) is 47.1 Å². The van der Waals surface area contributed by atoms with Crippen molar-refractivity contribution in [3.8, 4) is 0 Å². The number of carbonyl (C=O) groups excluding carboxylic acids is 2. The molecule has 2 N–H and O–H groups in total. The Morgan fingerprint density at radius 3 is 2.39 bits per heavy atom. The Morgan fingerprint density at radius 2 is 1.63 bits per heavy atom. The molecule has 10 atom stereocenters. The van der Waals surface area contributed by atoms with Gasteiger partial charge in [0.1, 0.15) is 6.10 Å². The SMILES string of the molecule is CC(CCC(=O)OCC(=O)OC1CCCCC1)C1CCC2C3C(O)CC4CCCCC4(C)C3CC(O)C12C. The smallest absolute Gasteiger partial charge is 0.344 e. The van der Waals surface area contributed by atoms with Crippen molar-refractivity contribution in [3.63, 3.8) is 0 Å². The van der Waals surface area contributed by atoms with Gasteiger partial charge in [-0.3, -0.25) is 4.79 Å². The predicted octanol–water partition coefficient (Wildman–Crippen LogP) is 5.81. The zero-order valence-electron chi connectivity index (χ0n) is 24.0. The van der Waals surface area contributed by atoms with Gasteiger partial charge in [0, 0.05) is 6.42 Å². The Labute approximate surface area is 229 Å². The largest absolute Gasteiger partial charge is 0.460 e. The van der Waals surface area contributed by atoms with E-state index in [1.54, 1.807) is 0 Å². The summed E-state index contributed by atoms with van der Waals surface area (Å²) in [5.41, 5.74) is 0.0170. The van der Waals surface area contributed by atoms with Crippen molar-refractivity contribution >= 4 is 11.9 Å². The van der Waals surface area contributed by atoms with Gasteiger partial charge in [-0.05, 0) is 117 Å². The third kappa shape index (κ3) is 5.18. The number of hydrogen-bond donors (Lipinski definition) is 2. The second kappa shape index (κ2) is 11.4. The van der Waals surface area contributed by atoms with Crippen LogP contribution in [0.2, 0.25) is 0 Å². The maximum absolute atomic E-state index is 12.5. The molecule has 5 fully saturated rings. The van der Waals surface area contributed by atoms with E-state index in [4.69, 9.17) is 9.47 Å². The average Bonchev–Trinajstić information content (AvgIpc) is 3.26. The van der Waals surface area contributed by atoms with Crippen molar-refractivity contribution < 1.29 is 29.3 Å². The van der Waals surface area contributed by atoms with E-state index in [0.717, 1.165) is 51.4 Å². The van der Waals surface area contributed by atoms with Crippen LogP contribution in [0.25, 0.3) is 0 Å². The predicted molar refractivity (Wildman–Crippen MR) is 145 cm³/mol. The van der Waals surface area contributed by atoms with Crippen molar-refractivity contribution in [3.05, 3.63) is 0 Å². The van der Waals surface area contributed by atoms with E-state index in [-0.39, 0.29) is 60.0 Å². The molecule has 10 unspecified atom stereocenters. The van der Waals surface area contributed by atoms with Gasteiger partial charge in [0.25, 0.3) is 0 Å². The number of fused-ring (bicyclic) bond motifs is 5. The standard InChI is InChI=1S/C32H52O6/c1-20(12-15-28(35)37-19-29(36)38-22-10-5-4-6-11-22)23-13-14-24-30-25(18-27(34)32(23,24)3)31(2)16-8-7-9-21(31)17-26(30)33/h20-27,30,33-34H,4-19H2,1-3H3. The van der Waals surface area contributed by atoms with Crippen LogP contribution in [0, 0.1) is 46.3 Å². The topological polar surface area (TPSA) is 93.1 Å². The van der Waals surface area contributed by atoms with Gasteiger partial charge in [0.2, 0.25) is 0 Å². The molecule has 0 spiro atoms. The molecule has 216 valence electrons. The fraction of sp³-hybridized carbons (Fsp3) is 0.938. The number of hydrogen-bond acceptors (Lipinski definition) is 6. The van der Waals surface area contributed by atoms with Gasteiger partial charge in [-0.15, -0.1) is 0 Å². The summed E-state index contributed by atoms with van der Waals surface area (Å²) in [4.78, 5) is 24.6. The second-order valence-electron chi connectivity index (χ2n) is 14.3. The Morgan fingerprint density at radius 1 is 0.895 bits per heavy atom. The van der Waals surface area contributed by atoms with Gasteiger partial charge in [-0.25, -0.2) is 4.79 Å². The van der Waals surface area contributed by atoms with Crippen molar-refractivity contribution in [2.24, 2.45) is 46.3 Å². The molecule has 5 saturated carbocycles. The van der Waals surface area contributed by atoms with Gasteiger partial charge in [0.05, 0.1) is 12.2 Å². The number of esters is 2. The summed E-state index contributed by atoms with van der Waals surface area (Å²) < 4.78 is 10.7. The minimum atomic E-state index is -0.440. The summed E-state index contributed by atoms with van der Waals surface area (Å²) in [5, 5.41) is 23.2. The molecular formula is C32H52O6. The first-order chi connectivity index (χ1) is 18.1. The van der Waals surface area contributed by atoms with Crippen LogP contribution in [0.3, 0.4) is 0 Å². The molecule has 5 aliphatic rings. The number of rotatable bonds is 7. The highest BCUT2D eigenvalue weighted by Gasteiger charge is 2.65. The van der Waals surface area contributed by atoms with E-state index >= 15 is 0 Å². The monoisotopic (exact) mass is 532 g/mol. The fourth-order valence-electron chi connectivity index (χ4n) is 10.3. The molecule has 0 aromatic heterocycles. The van der Waals surface area contributed by atoms with Gasteiger partial charge < -0.3 is 19.7 Å². The zero-order valence-corrected chi connectivity index (χ0v) is 24.0. The molecule has 38 heavy (non-hydrogen) atoms. The van der Waals surface area contributed by atoms with Gasteiger partial charge in [0.15, 0.2) is 6.61 Å². The molecule has 0 bridgehead atoms. The molecule has 5 rings (SSSR count). The summed E-state index contributed by atoms with van der Waals surface area (Å²) >= 11 is 0. The van der Waals surface area contributed by atoms with Crippen LogP contribution in [-0.2, 0) is 19.1 Å². The lowest BCUT2D eigenvalue weighted by molar-refractivity contribution is -0.201. The normalized spacial score (nSPS) is 43.9. The first-order valence-electron chi connectivity index (χ1n) is 15.9. The van der Waals surface area contributed by atoms with E-state index in [0.29, 0.717) is 30.1 Å². The third-order valence-electron chi connectivity index (χ3n) is 12.5. The van der Waals surface area contributed by atoms with Crippen LogP contribution in [0.15, 0.2) is 0 Å². The molecule has 0 heterocycles. The van der Waals surface area contributed by atoms with E-state index in [1.165, 1.54) is 32.1 Å². The Hall–Kier alpha value is -1.14.